The van der Waals surface area contributed by atoms with Crippen LogP contribution in [0.3, 0.4) is 0 Å². The van der Waals surface area contributed by atoms with Gasteiger partial charge in [0.1, 0.15) is 5.76 Å². The molecule has 1 aliphatic carbocycles. The van der Waals surface area contributed by atoms with Crippen molar-refractivity contribution in [2.75, 3.05) is 0 Å². The third-order valence-electron chi connectivity index (χ3n) is 3.08. The van der Waals surface area contributed by atoms with Crippen LogP contribution in [0.5, 0.6) is 0 Å². The topological polar surface area (TPSA) is 78.1 Å². The van der Waals surface area contributed by atoms with Crippen LogP contribution in [0.15, 0.2) is 27.3 Å². The zero-order valence-electron chi connectivity index (χ0n) is 9.50. The second kappa shape index (κ2) is 4.33. The molecule has 0 bridgehead atoms. The smallest absolute Gasteiger partial charge is 0.227 e. The Morgan fingerprint density at radius 3 is 3.00 bits per heavy atom. The molecule has 1 fully saturated rings. The highest BCUT2D eigenvalue weighted by Crippen LogP contribution is 2.38. The summed E-state index contributed by atoms with van der Waals surface area (Å²) in [5.41, 5.74) is 6.00. The van der Waals surface area contributed by atoms with Crippen LogP contribution in [0.4, 0.5) is 0 Å². The van der Waals surface area contributed by atoms with E-state index >= 15 is 0 Å². The number of aromatic nitrogens is 2. The van der Waals surface area contributed by atoms with Gasteiger partial charge in [-0.3, -0.25) is 0 Å². The Kier molecular flexibility index (Phi) is 2.68. The van der Waals surface area contributed by atoms with Crippen LogP contribution in [-0.4, -0.2) is 10.1 Å². The molecule has 2 heterocycles. The van der Waals surface area contributed by atoms with Gasteiger partial charge in [-0.2, -0.15) is 4.98 Å². The first-order valence-electron chi connectivity index (χ1n) is 5.93. The number of furan rings is 1. The van der Waals surface area contributed by atoms with Crippen molar-refractivity contribution in [3.05, 3.63) is 35.9 Å². The van der Waals surface area contributed by atoms with Crippen molar-refractivity contribution in [2.45, 2.75) is 31.7 Å². The van der Waals surface area contributed by atoms with Crippen LogP contribution in [0.25, 0.3) is 0 Å². The first-order chi connectivity index (χ1) is 8.33. The van der Waals surface area contributed by atoms with Crippen LogP contribution in [0.2, 0.25) is 0 Å². The molecule has 2 aromatic rings. The summed E-state index contributed by atoms with van der Waals surface area (Å²) in [5, 5.41) is 3.94. The molecule has 5 nitrogen and oxygen atoms in total. The van der Waals surface area contributed by atoms with Crippen LogP contribution >= 0.6 is 0 Å². The van der Waals surface area contributed by atoms with E-state index in [1.54, 1.807) is 6.26 Å². The van der Waals surface area contributed by atoms with Crippen LogP contribution in [0.1, 0.15) is 36.4 Å². The lowest BCUT2D eigenvalue weighted by Crippen LogP contribution is -2.14. The average molecular weight is 233 g/mol. The Labute approximate surface area is 99.0 Å². The van der Waals surface area contributed by atoms with Gasteiger partial charge >= 0.3 is 0 Å². The fourth-order valence-corrected chi connectivity index (χ4v) is 1.86. The molecule has 2 aromatic heterocycles. The van der Waals surface area contributed by atoms with E-state index in [4.69, 9.17) is 14.7 Å². The van der Waals surface area contributed by atoms with E-state index < -0.39 is 0 Å². The Hall–Kier alpha value is -1.62. The van der Waals surface area contributed by atoms with Gasteiger partial charge in [-0.05, 0) is 30.9 Å². The van der Waals surface area contributed by atoms with Gasteiger partial charge in [-0.15, -0.1) is 0 Å². The summed E-state index contributed by atoms with van der Waals surface area (Å²) in [4.78, 5) is 4.33. The SMILES string of the molecule is NC(c1noc(CCc2ccco2)n1)C1CC1. The number of nitrogens with zero attached hydrogens (tertiary/aromatic N) is 2. The lowest BCUT2D eigenvalue weighted by Gasteiger charge is -2.01. The van der Waals surface area contributed by atoms with Crippen molar-refractivity contribution in [1.29, 1.82) is 0 Å². The number of rotatable bonds is 5. The Morgan fingerprint density at radius 2 is 2.29 bits per heavy atom. The third-order valence-corrected chi connectivity index (χ3v) is 3.08. The summed E-state index contributed by atoms with van der Waals surface area (Å²) in [5.74, 6) is 2.75. The van der Waals surface area contributed by atoms with Crippen LogP contribution < -0.4 is 5.73 Å². The zero-order chi connectivity index (χ0) is 11.7. The minimum Gasteiger partial charge on any atom is -0.469 e. The van der Waals surface area contributed by atoms with Gasteiger partial charge in [-0.25, -0.2) is 0 Å². The second-order valence-electron chi connectivity index (χ2n) is 4.49. The molecule has 1 unspecified atom stereocenters. The van der Waals surface area contributed by atoms with E-state index in [9.17, 15) is 0 Å². The minimum absolute atomic E-state index is 0.0592. The van der Waals surface area contributed by atoms with E-state index in [2.05, 4.69) is 10.1 Å². The van der Waals surface area contributed by atoms with Crippen molar-refractivity contribution in [2.24, 2.45) is 11.7 Å². The summed E-state index contributed by atoms with van der Waals surface area (Å²) >= 11 is 0. The van der Waals surface area contributed by atoms with Gasteiger partial charge in [0.05, 0.1) is 12.3 Å². The molecule has 0 aromatic carbocycles. The predicted octanol–water partition coefficient (Wildman–Crippen LogP) is 1.86. The van der Waals surface area contributed by atoms with E-state index in [0.717, 1.165) is 12.2 Å². The van der Waals surface area contributed by atoms with Crippen LogP contribution in [-0.2, 0) is 12.8 Å². The summed E-state index contributed by atoms with van der Waals surface area (Å²) in [6, 6.07) is 3.75. The third kappa shape index (κ3) is 2.39. The van der Waals surface area contributed by atoms with Crippen LogP contribution in [0, 0.1) is 5.92 Å². The molecule has 0 spiro atoms. The van der Waals surface area contributed by atoms with Gasteiger partial charge in [0.25, 0.3) is 0 Å². The van der Waals surface area contributed by atoms with Crippen molar-refractivity contribution in [3.63, 3.8) is 0 Å². The molecular weight excluding hydrogens is 218 g/mol. The summed E-state index contributed by atoms with van der Waals surface area (Å²) in [6.45, 7) is 0. The molecule has 5 heteroatoms. The number of hydrogen-bond donors (Lipinski definition) is 1. The molecule has 2 N–H and O–H groups in total. The van der Waals surface area contributed by atoms with Gasteiger partial charge in [-0.1, -0.05) is 5.16 Å². The first kappa shape index (κ1) is 10.5. The molecule has 17 heavy (non-hydrogen) atoms. The molecule has 1 saturated carbocycles. The monoisotopic (exact) mass is 233 g/mol. The maximum Gasteiger partial charge on any atom is 0.227 e. The Bertz CT molecular complexity index is 474. The average Bonchev–Trinajstić information content (AvgIpc) is 2.88. The number of nitrogens with two attached hydrogens (primary N) is 1. The van der Waals surface area contributed by atoms with Gasteiger partial charge in [0.15, 0.2) is 5.82 Å². The molecule has 1 atom stereocenters. The largest absolute Gasteiger partial charge is 0.469 e. The fraction of sp³-hybridized carbons (Fsp3) is 0.500. The Balaban J connectivity index is 1.60. The molecule has 0 aliphatic heterocycles. The number of aryl methyl sites for hydroxylation is 2. The number of hydrogen-bond acceptors (Lipinski definition) is 5. The highest BCUT2D eigenvalue weighted by Gasteiger charge is 2.32. The molecular formula is C12H15N3O2. The summed E-state index contributed by atoms with van der Waals surface area (Å²) in [6.07, 6.45) is 5.48. The molecule has 0 radical (unpaired) electrons. The van der Waals surface area contributed by atoms with E-state index in [-0.39, 0.29) is 6.04 Å². The first-order valence-corrected chi connectivity index (χ1v) is 5.93. The van der Waals surface area contributed by atoms with E-state index in [0.29, 0.717) is 24.1 Å². The van der Waals surface area contributed by atoms with Crippen molar-refractivity contribution < 1.29 is 8.94 Å². The molecule has 1 aliphatic rings. The highest BCUT2D eigenvalue weighted by molar-refractivity contribution is 5.02. The maximum atomic E-state index is 6.00. The normalized spacial score (nSPS) is 17.2. The lowest BCUT2D eigenvalue weighted by atomic mass is 10.2. The second-order valence-corrected chi connectivity index (χ2v) is 4.49. The minimum atomic E-state index is -0.0592. The Morgan fingerprint density at radius 1 is 1.41 bits per heavy atom. The molecule has 0 amide bonds. The quantitative estimate of drug-likeness (QED) is 0.852. The standard InChI is InChI=1S/C12H15N3O2/c13-11(8-3-4-8)12-14-10(17-15-12)6-5-9-2-1-7-16-9/h1-2,7-8,11H,3-6,13H2. The predicted molar refractivity (Wildman–Crippen MR) is 60.1 cm³/mol. The molecule has 3 rings (SSSR count). The highest BCUT2D eigenvalue weighted by atomic mass is 16.5. The summed E-state index contributed by atoms with van der Waals surface area (Å²) < 4.78 is 10.4. The molecule has 90 valence electrons. The van der Waals surface area contributed by atoms with Crippen molar-refractivity contribution in [3.8, 4) is 0 Å². The van der Waals surface area contributed by atoms with E-state index in [1.165, 1.54) is 12.8 Å². The van der Waals surface area contributed by atoms with Gasteiger partial charge < -0.3 is 14.7 Å². The van der Waals surface area contributed by atoms with Gasteiger partial charge in [0, 0.05) is 12.8 Å². The zero-order valence-corrected chi connectivity index (χ0v) is 9.50. The maximum absolute atomic E-state index is 6.00. The lowest BCUT2D eigenvalue weighted by molar-refractivity contribution is 0.364. The fourth-order valence-electron chi connectivity index (χ4n) is 1.86. The van der Waals surface area contributed by atoms with Crippen molar-refractivity contribution >= 4 is 0 Å². The van der Waals surface area contributed by atoms with E-state index in [1.807, 2.05) is 12.1 Å². The molecule has 0 saturated heterocycles. The van der Waals surface area contributed by atoms with Gasteiger partial charge in [0.2, 0.25) is 5.89 Å². The summed E-state index contributed by atoms with van der Waals surface area (Å²) in [7, 11) is 0. The van der Waals surface area contributed by atoms with Crippen molar-refractivity contribution in [1.82, 2.24) is 10.1 Å².